The van der Waals surface area contributed by atoms with E-state index in [1.54, 1.807) is 0 Å². The molecule has 1 aliphatic heterocycles. The molecule has 0 spiro atoms. The van der Waals surface area contributed by atoms with Crippen LogP contribution in [0.2, 0.25) is 0 Å². The molecule has 1 aromatic rings. The highest BCUT2D eigenvalue weighted by molar-refractivity contribution is 7.88. The molecule has 0 aromatic heterocycles. The van der Waals surface area contributed by atoms with Crippen molar-refractivity contribution in [1.29, 1.82) is 0 Å². The van der Waals surface area contributed by atoms with Crippen LogP contribution >= 0.6 is 0 Å². The van der Waals surface area contributed by atoms with Crippen LogP contribution in [0, 0.1) is 0 Å². The summed E-state index contributed by atoms with van der Waals surface area (Å²) in [5.41, 5.74) is 2.35. The highest BCUT2D eigenvalue weighted by Crippen LogP contribution is 2.26. The minimum atomic E-state index is -3.13. The normalized spacial score (nSPS) is 16.4. The third-order valence-corrected chi connectivity index (χ3v) is 3.54. The molecular formula is C12H17NO3S. The maximum Gasteiger partial charge on any atom is 0.208 e. The Bertz CT molecular complexity index is 510. The van der Waals surface area contributed by atoms with Gasteiger partial charge in [-0.3, -0.25) is 0 Å². The Morgan fingerprint density at radius 1 is 1.47 bits per heavy atom. The second-order valence-corrected chi connectivity index (χ2v) is 6.32. The van der Waals surface area contributed by atoms with Gasteiger partial charge in [0.1, 0.15) is 5.75 Å². The molecule has 17 heavy (non-hydrogen) atoms. The summed E-state index contributed by atoms with van der Waals surface area (Å²) in [6.45, 7) is 2.61. The molecule has 94 valence electrons. The average molecular weight is 255 g/mol. The lowest BCUT2D eigenvalue weighted by Gasteiger charge is -2.12. The van der Waals surface area contributed by atoms with Crippen molar-refractivity contribution in [1.82, 2.24) is 4.72 Å². The van der Waals surface area contributed by atoms with Crippen molar-refractivity contribution in [2.24, 2.45) is 0 Å². The lowest BCUT2D eigenvalue weighted by Crippen LogP contribution is -2.33. The van der Waals surface area contributed by atoms with E-state index in [2.05, 4.69) is 10.8 Å². The number of sulfonamides is 1. The van der Waals surface area contributed by atoms with Gasteiger partial charge in [0.25, 0.3) is 0 Å². The highest BCUT2D eigenvalue weighted by Gasteiger charge is 2.14. The Labute approximate surface area is 102 Å². The Morgan fingerprint density at radius 3 is 2.94 bits per heavy atom. The maximum absolute atomic E-state index is 11.1. The molecule has 1 aromatic carbocycles. The van der Waals surface area contributed by atoms with Gasteiger partial charge in [-0.1, -0.05) is 12.1 Å². The maximum atomic E-state index is 11.1. The van der Waals surface area contributed by atoms with E-state index in [0.717, 1.165) is 24.3 Å². The first-order chi connectivity index (χ1) is 7.94. The number of ether oxygens (including phenoxy) is 1. The summed E-state index contributed by atoms with van der Waals surface area (Å²) in [7, 11) is -3.13. The SMILES string of the molecule is C[C@H](Cc1ccc2c(c1)CCO2)NS(C)(=O)=O. The summed E-state index contributed by atoms with van der Waals surface area (Å²) in [4.78, 5) is 0. The smallest absolute Gasteiger partial charge is 0.208 e. The van der Waals surface area contributed by atoms with E-state index in [-0.39, 0.29) is 6.04 Å². The Morgan fingerprint density at radius 2 is 2.24 bits per heavy atom. The van der Waals surface area contributed by atoms with E-state index in [0.29, 0.717) is 6.42 Å². The molecule has 1 atom stereocenters. The van der Waals surface area contributed by atoms with Crippen LogP contribution < -0.4 is 9.46 Å². The molecular weight excluding hydrogens is 238 g/mol. The summed E-state index contributed by atoms with van der Waals surface area (Å²) in [5.74, 6) is 0.956. The molecule has 1 heterocycles. The molecule has 0 unspecified atom stereocenters. The van der Waals surface area contributed by atoms with Gasteiger partial charge in [-0.25, -0.2) is 13.1 Å². The molecule has 1 N–H and O–H groups in total. The van der Waals surface area contributed by atoms with Gasteiger partial charge in [0.15, 0.2) is 0 Å². The largest absolute Gasteiger partial charge is 0.493 e. The quantitative estimate of drug-likeness (QED) is 0.876. The van der Waals surface area contributed by atoms with Crippen molar-refractivity contribution in [3.8, 4) is 5.75 Å². The average Bonchev–Trinajstić information content (AvgIpc) is 2.61. The first kappa shape index (κ1) is 12.4. The summed E-state index contributed by atoms with van der Waals surface area (Å²) < 4.78 is 30.2. The summed E-state index contributed by atoms with van der Waals surface area (Å²) in [5, 5.41) is 0. The lowest BCUT2D eigenvalue weighted by molar-refractivity contribution is 0.357. The number of nitrogens with one attached hydrogen (secondary N) is 1. The Hall–Kier alpha value is -1.07. The van der Waals surface area contributed by atoms with E-state index in [9.17, 15) is 8.42 Å². The van der Waals surface area contributed by atoms with Crippen LogP contribution in [0.5, 0.6) is 5.75 Å². The third-order valence-electron chi connectivity index (χ3n) is 2.71. The molecule has 0 fully saturated rings. The van der Waals surface area contributed by atoms with Crippen LogP contribution in [0.4, 0.5) is 0 Å². The van der Waals surface area contributed by atoms with Gasteiger partial charge < -0.3 is 4.74 Å². The van der Waals surface area contributed by atoms with Crippen molar-refractivity contribution >= 4 is 10.0 Å². The Balaban J connectivity index is 2.04. The molecule has 0 radical (unpaired) electrons. The third kappa shape index (κ3) is 3.44. The zero-order valence-corrected chi connectivity index (χ0v) is 10.9. The Kier molecular flexibility index (Phi) is 3.40. The fourth-order valence-corrected chi connectivity index (χ4v) is 2.94. The summed E-state index contributed by atoms with van der Waals surface area (Å²) in [6.07, 6.45) is 2.82. The second-order valence-electron chi connectivity index (χ2n) is 4.54. The van der Waals surface area contributed by atoms with E-state index in [1.165, 1.54) is 11.8 Å². The fourth-order valence-electron chi connectivity index (χ4n) is 2.13. The highest BCUT2D eigenvalue weighted by atomic mass is 32.2. The first-order valence-corrected chi connectivity index (χ1v) is 7.55. The number of hydrogen-bond acceptors (Lipinski definition) is 3. The van der Waals surface area contributed by atoms with Crippen LogP contribution in [0.1, 0.15) is 18.1 Å². The molecule has 4 nitrogen and oxygen atoms in total. The van der Waals surface area contributed by atoms with E-state index in [4.69, 9.17) is 4.74 Å². The lowest BCUT2D eigenvalue weighted by atomic mass is 10.0. The zero-order chi connectivity index (χ0) is 12.5. The van der Waals surface area contributed by atoms with Crippen molar-refractivity contribution in [2.75, 3.05) is 12.9 Å². The van der Waals surface area contributed by atoms with Gasteiger partial charge in [0, 0.05) is 12.5 Å². The second kappa shape index (κ2) is 4.66. The van der Waals surface area contributed by atoms with Crippen LogP contribution in [0.3, 0.4) is 0 Å². The predicted octanol–water partition coefficient (Wildman–Crippen LogP) is 1.10. The number of benzene rings is 1. The number of hydrogen-bond donors (Lipinski definition) is 1. The molecule has 0 bridgehead atoms. The van der Waals surface area contributed by atoms with Crippen LogP contribution in [0.25, 0.3) is 0 Å². The minimum absolute atomic E-state index is 0.0922. The van der Waals surface area contributed by atoms with Gasteiger partial charge >= 0.3 is 0 Å². The summed E-state index contributed by atoms with van der Waals surface area (Å²) in [6, 6.07) is 5.96. The van der Waals surface area contributed by atoms with Crippen molar-refractivity contribution in [3.63, 3.8) is 0 Å². The van der Waals surface area contributed by atoms with Crippen molar-refractivity contribution < 1.29 is 13.2 Å². The first-order valence-electron chi connectivity index (χ1n) is 5.66. The van der Waals surface area contributed by atoms with Crippen LogP contribution in [-0.2, 0) is 22.9 Å². The summed E-state index contributed by atoms with van der Waals surface area (Å²) >= 11 is 0. The molecule has 5 heteroatoms. The minimum Gasteiger partial charge on any atom is -0.493 e. The van der Waals surface area contributed by atoms with Gasteiger partial charge in [-0.05, 0) is 30.5 Å². The van der Waals surface area contributed by atoms with Crippen LogP contribution in [0.15, 0.2) is 18.2 Å². The topological polar surface area (TPSA) is 55.4 Å². The van der Waals surface area contributed by atoms with Crippen LogP contribution in [-0.4, -0.2) is 27.3 Å². The monoisotopic (exact) mass is 255 g/mol. The van der Waals surface area contributed by atoms with Crippen molar-refractivity contribution in [3.05, 3.63) is 29.3 Å². The van der Waals surface area contributed by atoms with Gasteiger partial charge in [0.05, 0.1) is 12.9 Å². The van der Waals surface area contributed by atoms with Gasteiger partial charge in [0.2, 0.25) is 10.0 Å². The molecule has 0 saturated carbocycles. The number of rotatable bonds is 4. The standard InChI is InChI=1S/C12H17NO3S/c1-9(13-17(2,14)15)7-10-3-4-12-11(8-10)5-6-16-12/h3-4,8-9,13H,5-7H2,1-2H3/t9-/m1/s1. The van der Waals surface area contributed by atoms with E-state index < -0.39 is 10.0 Å². The molecule has 0 aliphatic carbocycles. The molecule has 2 rings (SSSR count). The van der Waals surface area contributed by atoms with Gasteiger partial charge in [-0.2, -0.15) is 0 Å². The van der Waals surface area contributed by atoms with Crippen molar-refractivity contribution in [2.45, 2.75) is 25.8 Å². The predicted molar refractivity (Wildman–Crippen MR) is 66.8 cm³/mol. The molecule has 0 amide bonds. The van der Waals surface area contributed by atoms with Gasteiger partial charge in [-0.15, -0.1) is 0 Å². The van der Waals surface area contributed by atoms with E-state index in [1.807, 2.05) is 19.1 Å². The number of fused-ring (bicyclic) bond motifs is 1. The zero-order valence-electron chi connectivity index (χ0n) is 10.1. The fraction of sp³-hybridized carbons (Fsp3) is 0.500. The molecule has 1 aliphatic rings. The van der Waals surface area contributed by atoms with E-state index >= 15 is 0 Å². The molecule has 0 saturated heterocycles.